The maximum Gasteiger partial charge on any atom is 0.342 e. The quantitative estimate of drug-likeness (QED) is 0.530. The van der Waals surface area contributed by atoms with Crippen molar-refractivity contribution in [2.75, 3.05) is 6.61 Å². The van der Waals surface area contributed by atoms with Crippen molar-refractivity contribution in [1.29, 1.82) is 5.26 Å². The lowest BCUT2D eigenvalue weighted by atomic mass is 10.1. The topological polar surface area (TPSA) is 63.7 Å². The van der Waals surface area contributed by atoms with Crippen molar-refractivity contribution < 1.29 is 14.3 Å². The third-order valence-corrected chi connectivity index (χ3v) is 3.89. The highest BCUT2D eigenvalue weighted by Gasteiger charge is 2.21. The fourth-order valence-corrected chi connectivity index (χ4v) is 2.83. The molecule has 0 fully saturated rings. The van der Waals surface area contributed by atoms with Crippen LogP contribution in [0.15, 0.2) is 42.6 Å². The van der Waals surface area contributed by atoms with Gasteiger partial charge < -0.3 is 13.9 Å². The van der Waals surface area contributed by atoms with E-state index in [4.69, 9.17) is 14.7 Å². The van der Waals surface area contributed by atoms with Crippen LogP contribution in [0, 0.1) is 23.2 Å². The van der Waals surface area contributed by atoms with Crippen LogP contribution < -0.4 is 4.74 Å². The molecule has 0 amide bonds. The van der Waals surface area contributed by atoms with Gasteiger partial charge in [-0.15, -0.1) is 0 Å². The van der Waals surface area contributed by atoms with Crippen molar-refractivity contribution in [2.45, 2.75) is 26.4 Å². The largest absolute Gasteiger partial charge is 0.479 e. The Morgan fingerprint density at radius 3 is 2.88 bits per heavy atom. The second-order valence-electron chi connectivity index (χ2n) is 5.68. The van der Waals surface area contributed by atoms with E-state index in [0.717, 1.165) is 16.4 Å². The maximum atomic E-state index is 12.8. The van der Waals surface area contributed by atoms with Crippen LogP contribution in [0.4, 0.5) is 0 Å². The molecule has 2 heterocycles. The first kappa shape index (κ1) is 17.4. The van der Waals surface area contributed by atoms with Gasteiger partial charge in [0.15, 0.2) is 12.7 Å². The van der Waals surface area contributed by atoms with E-state index in [1.165, 1.54) is 0 Å². The molecule has 3 aromatic rings. The van der Waals surface area contributed by atoms with Crippen LogP contribution in [-0.4, -0.2) is 23.1 Å². The average molecular weight is 346 g/mol. The minimum absolute atomic E-state index is 0.0304. The number of pyridine rings is 1. The van der Waals surface area contributed by atoms with Crippen LogP contribution in [-0.2, 0) is 4.74 Å². The molecule has 3 rings (SSSR count). The molecule has 0 saturated heterocycles. The molecule has 26 heavy (non-hydrogen) atoms. The summed E-state index contributed by atoms with van der Waals surface area (Å²) in [6.45, 7) is 3.68. The molecular weight excluding hydrogens is 328 g/mol. The van der Waals surface area contributed by atoms with E-state index in [2.05, 4.69) is 11.8 Å². The van der Waals surface area contributed by atoms with Gasteiger partial charge >= 0.3 is 5.97 Å². The van der Waals surface area contributed by atoms with Crippen molar-refractivity contribution in [3.05, 3.63) is 48.2 Å². The number of rotatable bonds is 4. The van der Waals surface area contributed by atoms with Gasteiger partial charge in [0.05, 0.1) is 16.6 Å². The van der Waals surface area contributed by atoms with E-state index in [1.54, 1.807) is 13.0 Å². The number of hydrogen-bond acceptors (Lipinski definition) is 4. The van der Waals surface area contributed by atoms with Crippen LogP contribution in [0.2, 0.25) is 0 Å². The van der Waals surface area contributed by atoms with Crippen molar-refractivity contribution in [3.8, 4) is 23.7 Å². The van der Waals surface area contributed by atoms with Gasteiger partial charge in [0.1, 0.15) is 11.8 Å². The van der Waals surface area contributed by atoms with E-state index in [-0.39, 0.29) is 6.61 Å². The number of nitrogens with zero attached hydrogens (tertiary/aromatic N) is 2. The average Bonchev–Trinajstić information content (AvgIpc) is 2.98. The van der Waals surface area contributed by atoms with Crippen LogP contribution in [0.3, 0.4) is 0 Å². The monoisotopic (exact) mass is 346 g/mol. The molecule has 1 aromatic carbocycles. The lowest BCUT2D eigenvalue weighted by Crippen LogP contribution is -2.13. The van der Waals surface area contributed by atoms with Crippen LogP contribution in [0.5, 0.6) is 5.75 Å². The third kappa shape index (κ3) is 3.34. The first-order valence-electron chi connectivity index (χ1n) is 8.37. The lowest BCUT2D eigenvalue weighted by Gasteiger charge is -2.07. The summed E-state index contributed by atoms with van der Waals surface area (Å²) in [5, 5.41) is 9.45. The summed E-state index contributed by atoms with van der Waals surface area (Å²) in [5.41, 5.74) is 2.06. The molecule has 5 heteroatoms. The summed E-state index contributed by atoms with van der Waals surface area (Å²) in [6, 6.07) is 13.0. The van der Waals surface area contributed by atoms with Gasteiger partial charge in [-0.05, 0) is 31.2 Å². The Hall–Kier alpha value is -3.44. The van der Waals surface area contributed by atoms with Crippen LogP contribution in [0.25, 0.3) is 16.4 Å². The molecule has 0 bridgehead atoms. The predicted molar refractivity (Wildman–Crippen MR) is 99.0 cm³/mol. The summed E-state index contributed by atoms with van der Waals surface area (Å²) in [4.78, 5) is 12.8. The van der Waals surface area contributed by atoms with Gasteiger partial charge in [-0.3, -0.25) is 0 Å². The van der Waals surface area contributed by atoms with Crippen molar-refractivity contribution in [1.82, 2.24) is 4.40 Å². The summed E-state index contributed by atoms with van der Waals surface area (Å²) in [6.07, 6.45) is 2.11. The first-order chi connectivity index (χ1) is 12.7. The molecule has 0 N–H and O–H groups in total. The zero-order valence-corrected chi connectivity index (χ0v) is 14.7. The number of fused-ring (bicyclic) bond motifs is 3. The van der Waals surface area contributed by atoms with Gasteiger partial charge in [0, 0.05) is 24.1 Å². The zero-order valence-electron chi connectivity index (χ0n) is 14.7. The van der Waals surface area contributed by atoms with Gasteiger partial charge in [-0.2, -0.15) is 5.26 Å². The molecular formula is C21H18N2O3. The van der Waals surface area contributed by atoms with Crippen LogP contribution in [0.1, 0.15) is 30.6 Å². The number of hydrogen-bond donors (Lipinski definition) is 0. The standard InChI is InChI=1S/C21H18N2O3/c1-3-4-7-15(2)26-21(24)20-17-10-9-16(25-13-11-22)14-19(17)23-12-6-5-8-18(20)23/h5-6,8-10,12,14-15H,3,13H2,1-2H3. The summed E-state index contributed by atoms with van der Waals surface area (Å²) >= 11 is 0. The molecule has 0 aliphatic rings. The molecule has 2 aromatic heterocycles. The number of benzene rings is 1. The third-order valence-electron chi connectivity index (χ3n) is 3.89. The highest BCUT2D eigenvalue weighted by atomic mass is 16.5. The molecule has 130 valence electrons. The Balaban J connectivity index is 2.09. The Labute approximate surface area is 151 Å². The lowest BCUT2D eigenvalue weighted by molar-refractivity contribution is 0.0443. The summed E-state index contributed by atoms with van der Waals surface area (Å²) in [5.74, 6) is 5.99. The van der Waals surface area contributed by atoms with Crippen molar-refractivity contribution >= 4 is 22.4 Å². The Kier molecular flexibility index (Phi) is 5.10. The Morgan fingerprint density at radius 2 is 2.12 bits per heavy atom. The van der Waals surface area contributed by atoms with E-state index in [9.17, 15) is 4.79 Å². The number of carbonyl (C=O) groups excluding carboxylic acids is 1. The van der Waals surface area contributed by atoms with Gasteiger partial charge in [0.2, 0.25) is 0 Å². The highest BCUT2D eigenvalue weighted by molar-refractivity contribution is 6.12. The SMILES string of the molecule is CCC#CC(C)OC(=O)c1c2ccc(OCC#N)cc2n2ccccc12. The molecule has 1 unspecified atom stereocenters. The normalized spacial score (nSPS) is 11.4. The fraction of sp³-hybridized carbons (Fsp3) is 0.238. The van der Waals surface area contributed by atoms with E-state index in [1.807, 2.05) is 53.9 Å². The highest BCUT2D eigenvalue weighted by Crippen LogP contribution is 2.30. The smallest absolute Gasteiger partial charge is 0.342 e. The van der Waals surface area contributed by atoms with Crippen molar-refractivity contribution in [2.24, 2.45) is 0 Å². The zero-order chi connectivity index (χ0) is 18.5. The minimum Gasteiger partial charge on any atom is -0.479 e. The number of carbonyl (C=O) groups is 1. The van der Waals surface area contributed by atoms with Gasteiger partial charge in [-0.25, -0.2) is 4.79 Å². The summed E-state index contributed by atoms with van der Waals surface area (Å²) < 4.78 is 12.8. The maximum absolute atomic E-state index is 12.8. The Bertz CT molecular complexity index is 1060. The molecule has 0 saturated carbocycles. The van der Waals surface area contributed by atoms with E-state index in [0.29, 0.717) is 17.7 Å². The molecule has 5 nitrogen and oxygen atoms in total. The predicted octanol–water partition coefficient (Wildman–Crippen LogP) is 3.95. The molecule has 0 aliphatic heterocycles. The number of ether oxygens (including phenoxy) is 2. The second-order valence-corrected chi connectivity index (χ2v) is 5.68. The van der Waals surface area contributed by atoms with Crippen LogP contribution >= 0.6 is 0 Å². The van der Waals surface area contributed by atoms with E-state index < -0.39 is 12.1 Å². The molecule has 0 aliphatic carbocycles. The number of aromatic nitrogens is 1. The van der Waals surface area contributed by atoms with Crippen molar-refractivity contribution in [3.63, 3.8) is 0 Å². The van der Waals surface area contributed by atoms with E-state index >= 15 is 0 Å². The molecule has 0 radical (unpaired) electrons. The number of esters is 1. The van der Waals surface area contributed by atoms with Gasteiger partial charge in [0.25, 0.3) is 0 Å². The molecule has 0 spiro atoms. The number of nitriles is 1. The van der Waals surface area contributed by atoms with Gasteiger partial charge in [-0.1, -0.05) is 24.8 Å². The second kappa shape index (κ2) is 7.63. The fourth-order valence-electron chi connectivity index (χ4n) is 2.83. The Morgan fingerprint density at radius 1 is 1.27 bits per heavy atom. The summed E-state index contributed by atoms with van der Waals surface area (Å²) in [7, 11) is 0. The minimum atomic E-state index is -0.477. The molecule has 1 atom stereocenters. The first-order valence-corrected chi connectivity index (χ1v) is 8.37.